The zero-order chi connectivity index (χ0) is 15.2. The highest BCUT2D eigenvalue weighted by molar-refractivity contribution is 5.94. The van der Waals surface area contributed by atoms with Gasteiger partial charge in [-0.25, -0.2) is 4.39 Å². The molecule has 0 saturated carbocycles. The molecule has 2 aromatic rings. The van der Waals surface area contributed by atoms with Crippen molar-refractivity contribution in [2.24, 2.45) is 0 Å². The summed E-state index contributed by atoms with van der Waals surface area (Å²) in [5.74, 6) is -0.607. The first-order chi connectivity index (χ1) is 10.1. The lowest BCUT2D eigenvalue weighted by molar-refractivity contribution is 0.0950. The normalized spacial score (nSPS) is 10.5. The van der Waals surface area contributed by atoms with E-state index in [4.69, 9.17) is 0 Å². The van der Waals surface area contributed by atoms with Gasteiger partial charge in [0.25, 0.3) is 5.91 Å². The largest absolute Gasteiger partial charge is 0.382 e. The number of nitrogens with zero attached hydrogens (tertiary/aromatic N) is 1. The lowest BCUT2D eigenvalue weighted by Gasteiger charge is -2.11. The van der Waals surface area contributed by atoms with Crippen LogP contribution in [0.3, 0.4) is 0 Å². The number of amides is 1. The molecule has 0 aliphatic heterocycles. The van der Waals surface area contributed by atoms with Crippen LogP contribution >= 0.6 is 0 Å². The monoisotopic (exact) mass is 287 g/mol. The molecule has 1 heterocycles. The van der Waals surface area contributed by atoms with Crippen LogP contribution in [0.5, 0.6) is 0 Å². The first-order valence-electron chi connectivity index (χ1n) is 6.79. The molecule has 0 unspecified atom stereocenters. The molecule has 1 aromatic carbocycles. The second kappa shape index (κ2) is 6.83. The zero-order valence-electron chi connectivity index (χ0n) is 12.1. The van der Waals surface area contributed by atoms with Crippen molar-refractivity contribution in [1.82, 2.24) is 10.3 Å². The summed E-state index contributed by atoms with van der Waals surface area (Å²) in [7, 11) is 0. The Morgan fingerprint density at radius 1 is 1.29 bits per heavy atom. The molecule has 1 aromatic heterocycles. The van der Waals surface area contributed by atoms with Gasteiger partial charge in [0.1, 0.15) is 5.82 Å². The summed E-state index contributed by atoms with van der Waals surface area (Å²) < 4.78 is 13.5. The number of carbonyl (C=O) groups is 1. The van der Waals surface area contributed by atoms with Crippen LogP contribution in [0, 0.1) is 5.82 Å². The van der Waals surface area contributed by atoms with E-state index in [1.807, 2.05) is 13.8 Å². The van der Waals surface area contributed by atoms with Crippen LogP contribution in [0.25, 0.3) is 0 Å². The number of halogens is 1. The third kappa shape index (κ3) is 4.27. The number of hydrogen-bond acceptors (Lipinski definition) is 3. The fourth-order valence-electron chi connectivity index (χ4n) is 1.90. The number of rotatable bonds is 5. The molecule has 0 aliphatic carbocycles. The van der Waals surface area contributed by atoms with E-state index in [2.05, 4.69) is 15.6 Å². The van der Waals surface area contributed by atoms with Crippen LogP contribution in [0.15, 0.2) is 42.7 Å². The molecule has 0 aliphatic rings. The van der Waals surface area contributed by atoms with Gasteiger partial charge in [0.05, 0.1) is 11.3 Å². The Kier molecular flexibility index (Phi) is 4.87. The minimum absolute atomic E-state index is 0.146. The summed E-state index contributed by atoms with van der Waals surface area (Å²) >= 11 is 0. The number of pyridine rings is 1. The van der Waals surface area contributed by atoms with Crippen LogP contribution in [0.2, 0.25) is 0 Å². The van der Waals surface area contributed by atoms with Gasteiger partial charge in [-0.2, -0.15) is 0 Å². The number of nitrogens with one attached hydrogen (secondary N) is 2. The first kappa shape index (κ1) is 15.0. The summed E-state index contributed by atoms with van der Waals surface area (Å²) in [6, 6.07) is 8.35. The van der Waals surface area contributed by atoms with Crippen LogP contribution in [0.4, 0.5) is 10.1 Å². The third-order valence-electron chi connectivity index (χ3n) is 2.85. The second-order valence-corrected chi connectivity index (χ2v) is 5.04. The topological polar surface area (TPSA) is 54.0 Å². The van der Waals surface area contributed by atoms with Gasteiger partial charge in [0, 0.05) is 30.5 Å². The molecule has 2 N–H and O–H groups in total. The Balaban J connectivity index is 2.02. The molecular formula is C16H18FN3O. The predicted octanol–water partition coefficient (Wildman–Crippen LogP) is 2.97. The minimum Gasteiger partial charge on any atom is -0.382 e. The van der Waals surface area contributed by atoms with Crippen molar-refractivity contribution >= 4 is 11.6 Å². The molecule has 0 radical (unpaired) electrons. The van der Waals surface area contributed by atoms with Gasteiger partial charge in [0.2, 0.25) is 0 Å². The number of aromatic nitrogens is 1. The van der Waals surface area contributed by atoms with Gasteiger partial charge < -0.3 is 10.6 Å². The SMILES string of the molecule is CC(C)Nc1cncc(C(=O)NCc2ccccc2F)c1. The van der Waals surface area contributed by atoms with Crippen LogP contribution < -0.4 is 10.6 Å². The van der Waals surface area contributed by atoms with E-state index in [9.17, 15) is 9.18 Å². The number of benzene rings is 1. The standard InChI is InChI=1S/C16H18FN3O/c1-11(2)20-14-7-13(8-18-10-14)16(21)19-9-12-5-3-4-6-15(12)17/h3-8,10-11,20H,9H2,1-2H3,(H,19,21). The van der Waals surface area contributed by atoms with E-state index in [1.165, 1.54) is 12.3 Å². The molecule has 0 spiro atoms. The van der Waals surface area contributed by atoms with Gasteiger partial charge in [-0.05, 0) is 26.0 Å². The van der Waals surface area contributed by atoms with E-state index < -0.39 is 0 Å². The molecule has 0 atom stereocenters. The smallest absolute Gasteiger partial charge is 0.253 e. The maximum absolute atomic E-state index is 13.5. The number of anilines is 1. The molecule has 1 amide bonds. The van der Waals surface area contributed by atoms with E-state index >= 15 is 0 Å². The van der Waals surface area contributed by atoms with E-state index in [1.54, 1.807) is 30.5 Å². The van der Waals surface area contributed by atoms with Gasteiger partial charge in [0.15, 0.2) is 0 Å². The Bertz CT molecular complexity index is 628. The van der Waals surface area contributed by atoms with Crippen LogP contribution in [0.1, 0.15) is 29.8 Å². The van der Waals surface area contributed by atoms with Crippen molar-refractivity contribution in [2.45, 2.75) is 26.4 Å². The Hall–Kier alpha value is -2.43. The molecule has 4 nitrogen and oxygen atoms in total. The highest BCUT2D eigenvalue weighted by atomic mass is 19.1. The summed E-state index contributed by atoms with van der Waals surface area (Å²) in [5, 5.41) is 5.87. The van der Waals surface area contributed by atoms with E-state index in [0.29, 0.717) is 11.1 Å². The van der Waals surface area contributed by atoms with E-state index in [-0.39, 0.29) is 24.3 Å². The number of hydrogen-bond donors (Lipinski definition) is 2. The lowest BCUT2D eigenvalue weighted by atomic mass is 10.2. The fourth-order valence-corrected chi connectivity index (χ4v) is 1.90. The maximum Gasteiger partial charge on any atom is 0.253 e. The molecule has 5 heteroatoms. The van der Waals surface area contributed by atoms with Crippen LogP contribution in [-0.4, -0.2) is 16.9 Å². The molecule has 0 bridgehead atoms. The molecule has 21 heavy (non-hydrogen) atoms. The molecular weight excluding hydrogens is 269 g/mol. The second-order valence-electron chi connectivity index (χ2n) is 5.04. The summed E-state index contributed by atoms with van der Waals surface area (Å²) in [6.07, 6.45) is 3.15. The quantitative estimate of drug-likeness (QED) is 0.889. The maximum atomic E-state index is 13.5. The lowest BCUT2D eigenvalue weighted by Crippen LogP contribution is -2.23. The Morgan fingerprint density at radius 3 is 2.76 bits per heavy atom. The van der Waals surface area contributed by atoms with Gasteiger partial charge >= 0.3 is 0 Å². The van der Waals surface area contributed by atoms with Crippen molar-refractivity contribution in [1.29, 1.82) is 0 Å². The molecule has 0 saturated heterocycles. The summed E-state index contributed by atoms with van der Waals surface area (Å²) in [5.41, 5.74) is 1.68. The zero-order valence-corrected chi connectivity index (χ0v) is 12.1. The highest BCUT2D eigenvalue weighted by Crippen LogP contribution is 2.10. The Morgan fingerprint density at radius 2 is 2.05 bits per heavy atom. The third-order valence-corrected chi connectivity index (χ3v) is 2.85. The van der Waals surface area contributed by atoms with Crippen molar-refractivity contribution < 1.29 is 9.18 Å². The van der Waals surface area contributed by atoms with Gasteiger partial charge in [-0.3, -0.25) is 9.78 Å². The first-order valence-corrected chi connectivity index (χ1v) is 6.79. The summed E-state index contributed by atoms with van der Waals surface area (Å²) in [4.78, 5) is 16.1. The molecule has 2 rings (SSSR count). The molecule has 110 valence electrons. The average molecular weight is 287 g/mol. The number of carbonyl (C=O) groups excluding carboxylic acids is 1. The fraction of sp³-hybridized carbons (Fsp3) is 0.250. The van der Waals surface area contributed by atoms with Crippen molar-refractivity contribution in [3.63, 3.8) is 0 Å². The summed E-state index contributed by atoms with van der Waals surface area (Å²) in [6.45, 7) is 4.16. The highest BCUT2D eigenvalue weighted by Gasteiger charge is 2.08. The van der Waals surface area contributed by atoms with Gasteiger partial charge in [-0.15, -0.1) is 0 Å². The van der Waals surface area contributed by atoms with Crippen molar-refractivity contribution in [3.05, 3.63) is 59.7 Å². The predicted molar refractivity (Wildman–Crippen MR) is 80.6 cm³/mol. The van der Waals surface area contributed by atoms with Crippen LogP contribution in [-0.2, 0) is 6.54 Å². The van der Waals surface area contributed by atoms with E-state index in [0.717, 1.165) is 5.69 Å². The minimum atomic E-state index is -0.328. The van der Waals surface area contributed by atoms with Gasteiger partial charge in [-0.1, -0.05) is 18.2 Å². The average Bonchev–Trinajstić information content (AvgIpc) is 2.45. The van der Waals surface area contributed by atoms with Crippen molar-refractivity contribution in [3.8, 4) is 0 Å². The molecule has 0 fully saturated rings. The van der Waals surface area contributed by atoms with Crippen molar-refractivity contribution in [2.75, 3.05) is 5.32 Å². The Labute approximate surface area is 123 Å².